The first kappa shape index (κ1) is 25.2. The van der Waals surface area contributed by atoms with Gasteiger partial charge in [0.25, 0.3) is 0 Å². The van der Waals surface area contributed by atoms with Gasteiger partial charge in [-0.15, -0.1) is 0 Å². The molecular formula is C23H26F3N5O3. The predicted molar refractivity (Wildman–Crippen MR) is 123 cm³/mol. The van der Waals surface area contributed by atoms with Crippen molar-refractivity contribution in [1.29, 1.82) is 0 Å². The number of fused-ring (bicyclic) bond motifs is 1. The van der Waals surface area contributed by atoms with Crippen LogP contribution in [-0.2, 0) is 17.5 Å². The predicted octanol–water partition coefficient (Wildman–Crippen LogP) is 5.11. The van der Waals surface area contributed by atoms with Crippen molar-refractivity contribution in [2.45, 2.75) is 39.1 Å². The molecule has 8 nitrogen and oxygen atoms in total. The van der Waals surface area contributed by atoms with Gasteiger partial charge in [-0.2, -0.15) is 13.2 Å². The maximum absolute atomic E-state index is 13.2. The van der Waals surface area contributed by atoms with Gasteiger partial charge in [0.05, 0.1) is 37.2 Å². The third-order valence-electron chi connectivity index (χ3n) is 4.97. The molecule has 1 N–H and O–H groups in total. The van der Waals surface area contributed by atoms with Crippen LogP contribution in [-0.4, -0.2) is 48.6 Å². The number of halogens is 3. The first-order valence-electron chi connectivity index (χ1n) is 10.5. The lowest BCUT2D eigenvalue weighted by Crippen LogP contribution is -2.21. The lowest BCUT2D eigenvalue weighted by atomic mass is 10.2. The molecule has 2 aromatic heterocycles. The van der Waals surface area contributed by atoms with E-state index in [1.165, 1.54) is 13.2 Å². The number of hydrogen-bond donors (Lipinski definition) is 1. The van der Waals surface area contributed by atoms with Gasteiger partial charge in [0, 0.05) is 18.6 Å². The number of hydrogen-bond acceptors (Lipinski definition) is 8. The van der Waals surface area contributed by atoms with E-state index in [0.29, 0.717) is 47.1 Å². The SMILES string of the molecule is C=Nc1cc(CNc2nc(C)nc3cc(OC)c(OC(CC)COC)cc23)nc(C(F)(F)F)c1. The normalized spacial score (nSPS) is 12.4. The fraction of sp³-hybridized carbons (Fsp3) is 0.391. The average Bonchev–Trinajstić information content (AvgIpc) is 2.81. The topological polar surface area (TPSA) is 90.8 Å². The molecule has 1 aromatic carbocycles. The lowest BCUT2D eigenvalue weighted by Gasteiger charge is -2.19. The molecule has 1 unspecified atom stereocenters. The highest BCUT2D eigenvalue weighted by Crippen LogP contribution is 2.36. The molecule has 0 saturated heterocycles. The molecule has 0 bridgehead atoms. The first-order valence-corrected chi connectivity index (χ1v) is 10.5. The molecule has 34 heavy (non-hydrogen) atoms. The Morgan fingerprint density at radius 3 is 2.47 bits per heavy atom. The van der Waals surface area contributed by atoms with E-state index in [1.54, 1.807) is 26.2 Å². The van der Waals surface area contributed by atoms with E-state index >= 15 is 0 Å². The largest absolute Gasteiger partial charge is 0.493 e. The second kappa shape index (κ2) is 10.6. The molecule has 0 fully saturated rings. The highest BCUT2D eigenvalue weighted by atomic mass is 19.4. The molecule has 0 amide bonds. The van der Waals surface area contributed by atoms with Crippen LogP contribution in [0.3, 0.4) is 0 Å². The second-order valence-corrected chi connectivity index (χ2v) is 7.45. The zero-order valence-corrected chi connectivity index (χ0v) is 19.4. The molecular weight excluding hydrogens is 451 g/mol. The van der Waals surface area contributed by atoms with E-state index in [-0.39, 0.29) is 24.0 Å². The quantitative estimate of drug-likeness (QED) is 0.406. The van der Waals surface area contributed by atoms with Crippen LogP contribution in [0.15, 0.2) is 29.3 Å². The van der Waals surface area contributed by atoms with Gasteiger partial charge in [-0.25, -0.2) is 15.0 Å². The Bertz CT molecular complexity index is 1170. The van der Waals surface area contributed by atoms with Crippen LogP contribution in [0.5, 0.6) is 11.5 Å². The van der Waals surface area contributed by atoms with Crippen LogP contribution in [0.2, 0.25) is 0 Å². The third-order valence-corrected chi connectivity index (χ3v) is 4.97. The average molecular weight is 477 g/mol. The van der Waals surface area contributed by atoms with Crippen molar-refractivity contribution in [3.05, 3.63) is 41.5 Å². The van der Waals surface area contributed by atoms with E-state index in [0.717, 1.165) is 6.07 Å². The molecule has 3 rings (SSSR count). The fourth-order valence-electron chi connectivity index (χ4n) is 3.31. The molecule has 0 spiro atoms. The summed E-state index contributed by atoms with van der Waals surface area (Å²) in [6.45, 7) is 7.38. The standard InChI is InChI=1S/C23H26F3N5O3/c1-6-16(12-32-4)34-20-9-17-18(10-19(20)33-5)29-13(2)30-22(17)28-11-15-7-14(27-3)8-21(31-15)23(24,25)26/h7-10,16H,3,6,11-12H2,1-2,4-5H3,(H,28,29,30). The zero-order valence-electron chi connectivity index (χ0n) is 19.4. The summed E-state index contributed by atoms with van der Waals surface area (Å²) in [6, 6.07) is 5.75. The summed E-state index contributed by atoms with van der Waals surface area (Å²) in [5.41, 5.74) is -0.240. The van der Waals surface area contributed by atoms with Gasteiger partial charge in [-0.05, 0) is 38.3 Å². The van der Waals surface area contributed by atoms with E-state index in [1.807, 2.05) is 6.92 Å². The van der Waals surface area contributed by atoms with Crippen molar-refractivity contribution in [3.8, 4) is 11.5 Å². The van der Waals surface area contributed by atoms with Crippen LogP contribution in [0.1, 0.15) is 30.6 Å². The van der Waals surface area contributed by atoms with Crippen LogP contribution in [0.25, 0.3) is 10.9 Å². The minimum atomic E-state index is -4.60. The number of rotatable bonds is 10. The number of pyridine rings is 1. The number of aryl methyl sites for hydroxylation is 1. The number of ether oxygens (including phenoxy) is 3. The summed E-state index contributed by atoms with van der Waals surface area (Å²) in [7, 11) is 3.13. The number of nitrogens with one attached hydrogen (secondary N) is 1. The Hall–Kier alpha value is -3.47. The van der Waals surface area contributed by atoms with Crippen LogP contribution in [0, 0.1) is 6.92 Å². The summed E-state index contributed by atoms with van der Waals surface area (Å²) in [6.07, 6.45) is -4.09. The first-order chi connectivity index (χ1) is 16.2. The molecule has 0 aliphatic heterocycles. The number of benzene rings is 1. The zero-order chi connectivity index (χ0) is 24.9. The maximum atomic E-state index is 13.2. The van der Waals surface area contributed by atoms with Crippen molar-refractivity contribution >= 4 is 29.1 Å². The van der Waals surface area contributed by atoms with Gasteiger partial charge >= 0.3 is 6.18 Å². The van der Waals surface area contributed by atoms with Gasteiger partial charge in [-0.1, -0.05) is 6.92 Å². The van der Waals surface area contributed by atoms with Gasteiger partial charge in [0.2, 0.25) is 0 Å². The lowest BCUT2D eigenvalue weighted by molar-refractivity contribution is -0.141. The molecule has 0 saturated carbocycles. The van der Waals surface area contributed by atoms with E-state index in [4.69, 9.17) is 14.2 Å². The van der Waals surface area contributed by atoms with E-state index < -0.39 is 11.9 Å². The van der Waals surface area contributed by atoms with Crippen LogP contribution < -0.4 is 14.8 Å². The summed E-state index contributed by atoms with van der Waals surface area (Å²) in [5, 5.41) is 3.68. The monoisotopic (exact) mass is 477 g/mol. The van der Waals surface area contributed by atoms with Gasteiger partial charge in [-0.3, -0.25) is 4.99 Å². The Morgan fingerprint density at radius 1 is 1.09 bits per heavy atom. The highest BCUT2D eigenvalue weighted by molar-refractivity contribution is 5.91. The van der Waals surface area contributed by atoms with Gasteiger partial charge < -0.3 is 19.5 Å². The Morgan fingerprint density at radius 2 is 1.85 bits per heavy atom. The number of methoxy groups -OCH3 is 2. The Labute approximate surface area is 195 Å². The highest BCUT2D eigenvalue weighted by Gasteiger charge is 2.33. The van der Waals surface area contributed by atoms with E-state index in [2.05, 4.69) is 32.0 Å². The molecule has 0 radical (unpaired) electrons. The Kier molecular flexibility index (Phi) is 7.87. The van der Waals surface area contributed by atoms with Crippen molar-refractivity contribution < 1.29 is 27.4 Å². The van der Waals surface area contributed by atoms with E-state index in [9.17, 15) is 13.2 Å². The van der Waals surface area contributed by atoms with Crippen molar-refractivity contribution in [3.63, 3.8) is 0 Å². The third kappa shape index (κ3) is 5.90. The molecule has 0 aliphatic rings. The second-order valence-electron chi connectivity index (χ2n) is 7.45. The maximum Gasteiger partial charge on any atom is 0.433 e. The summed E-state index contributed by atoms with van der Waals surface area (Å²) in [5.74, 6) is 1.86. The summed E-state index contributed by atoms with van der Waals surface area (Å²) < 4.78 is 56.4. The summed E-state index contributed by atoms with van der Waals surface area (Å²) >= 11 is 0. The van der Waals surface area contributed by atoms with Crippen molar-refractivity contribution in [2.75, 3.05) is 26.1 Å². The number of aliphatic imine (C=N–C) groups is 1. The molecule has 1 atom stereocenters. The molecule has 182 valence electrons. The minimum absolute atomic E-state index is 0.0263. The van der Waals surface area contributed by atoms with Crippen LogP contribution in [0.4, 0.5) is 24.7 Å². The Balaban J connectivity index is 1.99. The molecule has 3 aromatic rings. The van der Waals surface area contributed by atoms with Crippen molar-refractivity contribution in [1.82, 2.24) is 15.0 Å². The van der Waals surface area contributed by atoms with Gasteiger partial charge in [0.15, 0.2) is 11.5 Å². The number of aromatic nitrogens is 3. The summed E-state index contributed by atoms with van der Waals surface area (Å²) in [4.78, 5) is 16.2. The molecule has 2 heterocycles. The molecule has 11 heteroatoms. The van der Waals surface area contributed by atoms with Gasteiger partial charge in [0.1, 0.15) is 23.4 Å². The minimum Gasteiger partial charge on any atom is -0.493 e. The van der Waals surface area contributed by atoms with Crippen LogP contribution >= 0.6 is 0 Å². The smallest absolute Gasteiger partial charge is 0.433 e. The molecule has 0 aliphatic carbocycles. The number of alkyl halides is 3. The van der Waals surface area contributed by atoms with Crippen molar-refractivity contribution in [2.24, 2.45) is 4.99 Å². The fourth-order valence-corrected chi connectivity index (χ4v) is 3.31. The number of anilines is 1. The number of nitrogens with zero attached hydrogens (tertiary/aromatic N) is 4.